The molecule has 0 spiro atoms. The zero-order valence-electron chi connectivity index (χ0n) is 11.1. The van der Waals surface area contributed by atoms with E-state index in [1.807, 2.05) is 6.92 Å². The molecule has 1 aromatic rings. The van der Waals surface area contributed by atoms with Gasteiger partial charge in [-0.1, -0.05) is 6.92 Å². The van der Waals surface area contributed by atoms with Crippen LogP contribution in [0.25, 0.3) is 0 Å². The van der Waals surface area contributed by atoms with E-state index in [9.17, 15) is 13.6 Å². The molecule has 1 aromatic carbocycles. The predicted molar refractivity (Wildman–Crippen MR) is 67.1 cm³/mol. The van der Waals surface area contributed by atoms with Crippen molar-refractivity contribution in [2.24, 2.45) is 0 Å². The van der Waals surface area contributed by atoms with E-state index >= 15 is 0 Å². The van der Waals surface area contributed by atoms with Crippen molar-refractivity contribution in [3.63, 3.8) is 0 Å². The average molecular weight is 269 g/mol. The van der Waals surface area contributed by atoms with Crippen LogP contribution < -0.4 is 4.74 Å². The Balaban J connectivity index is 2.26. The fraction of sp³-hybridized carbons (Fsp3) is 0.500. The lowest BCUT2D eigenvalue weighted by molar-refractivity contribution is -0.127. The molecule has 19 heavy (non-hydrogen) atoms. The Morgan fingerprint density at radius 2 is 2.00 bits per heavy atom. The number of hydrogen-bond donors (Lipinski definition) is 0. The van der Waals surface area contributed by atoms with Crippen LogP contribution in [0.3, 0.4) is 0 Å². The maximum atomic E-state index is 13.9. The van der Waals surface area contributed by atoms with Crippen LogP contribution in [0.2, 0.25) is 0 Å². The van der Waals surface area contributed by atoms with Gasteiger partial charge in [-0.2, -0.15) is 0 Å². The molecule has 1 fully saturated rings. The van der Waals surface area contributed by atoms with Crippen molar-refractivity contribution >= 4 is 5.91 Å². The van der Waals surface area contributed by atoms with Gasteiger partial charge in [-0.15, -0.1) is 0 Å². The molecule has 1 atom stereocenters. The molecule has 5 heteroatoms. The van der Waals surface area contributed by atoms with Gasteiger partial charge < -0.3 is 9.64 Å². The Hall–Kier alpha value is -1.65. The van der Waals surface area contributed by atoms with E-state index in [2.05, 4.69) is 0 Å². The van der Waals surface area contributed by atoms with E-state index in [0.717, 1.165) is 18.6 Å². The first-order valence-electron chi connectivity index (χ1n) is 6.37. The lowest BCUT2D eigenvalue weighted by Gasteiger charge is -2.16. The molecule has 1 unspecified atom stereocenters. The second-order valence-corrected chi connectivity index (χ2v) is 4.75. The molecular formula is C14H17F2NO2. The van der Waals surface area contributed by atoms with Crippen LogP contribution in [0.5, 0.6) is 5.75 Å². The van der Waals surface area contributed by atoms with Crippen molar-refractivity contribution in [2.75, 3.05) is 20.2 Å². The maximum absolute atomic E-state index is 13.9. The highest BCUT2D eigenvalue weighted by Gasteiger charge is 2.33. The second-order valence-electron chi connectivity index (χ2n) is 4.75. The minimum absolute atomic E-state index is 0.00671. The van der Waals surface area contributed by atoms with E-state index in [1.165, 1.54) is 7.11 Å². The van der Waals surface area contributed by atoms with Gasteiger partial charge in [-0.25, -0.2) is 8.78 Å². The van der Waals surface area contributed by atoms with Crippen LogP contribution in [0.4, 0.5) is 8.78 Å². The highest BCUT2D eigenvalue weighted by molar-refractivity contribution is 5.79. The number of halogens is 2. The zero-order valence-corrected chi connectivity index (χ0v) is 11.1. The van der Waals surface area contributed by atoms with Crippen LogP contribution in [0.15, 0.2) is 12.1 Å². The Bertz CT molecular complexity index is 467. The first-order valence-corrected chi connectivity index (χ1v) is 6.37. The zero-order chi connectivity index (χ0) is 14.0. The van der Waals surface area contributed by atoms with Crippen LogP contribution in [-0.2, 0) is 4.79 Å². The number of nitrogens with zero attached hydrogens (tertiary/aromatic N) is 1. The van der Waals surface area contributed by atoms with Gasteiger partial charge in [0.2, 0.25) is 5.91 Å². The number of methoxy groups -OCH3 is 1. The molecule has 1 amide bonds. The number of ether oxygens (including phenoxy) is 1. The van der Waals surface area contributed by atoms with Gasteiger partial charge in [-0.05, 0) is 6.42 Å². The monoisotopic (exact) mass is 269 g/mol. The molecule has 0 N–H and O–H groups in total. The second kappa shape index (κ2) is 5.55. The molecule has 1 saturated heterocycles. The van der Waals surface area contributed by atoms with Gasteiger partial charge in [0, 0.05) is 43.1 Å². The summed E-state index contributed by atoms with van der Waals surface area (Å²) >= 11 is 0. The normalized spacial score (nSPS) is 19.1. The van der Waals surface area contributed by atoms with E-state index in [0.29, 0.717) is 13.1 Å². The number of amides is 1. The third kappa shape index (κ3) is 2.69. The topological polar surface area (TPSA) is 29.5 Å². The van der Waals surface area contributed by atoms with Gasteiger partial charge in [0.05, 0.1) is 7.11 Å². The molecule has 1 aliphatic rings. The molecule has 0 bridgehead atoms. The number of hydrogen-bond acceptors (Lipinski definition) is 2. The minimum atomic E-state index is -0.645. The molecular weight excluding hydrogens is 252 g/mol. The van der Waals surface area contributed by atoms with Crippen LogP contribution in [0.1, 0.15) is 31.2 Å². The smallest absolute Gasteiger partial charge is 0.223 e. The maximum Gasteiger partial charge on any atom is 0.223 e. The number of rotatable bonds is 4. The standard InChI is InChI=1S/C14H17F2NO2/c1-3-4-17-8-9(5-13(17)18)14-11(15)6-10(19-2)7-12(14)16/h6-7,9H,3-5,8H2,1-2H3. The minimum Gasteiger partial charge on any atom is -0.497 e. The summed E-state index contributed by atoms with van der Waals surface area (Å²) in [7, 11) is 1.36. The Labute approximate surface area is 111 Å². The summed E-state index contributed by atoms with van der Waals surface area (Å²) in [6, 6.07) is 2.32. The molecule has 0 radical (unpaired) electrons. The number of carbonyl (C=O) groups is 1. The quantitative estimate of drug-likeness (QED) is 0.841. The lowest BCUT2D eigenvalue weighted by Crippen LogP contribution is -2.25. The lowest BCUT2D eigenvalue weighted by atomic mass is 9.97. The van der Waals surface area contributed by atoms with Crippen LogP contribution in [-0.4, -0.2) is 31.0 Å². The number of carbonyl (C=O) groups excluding carboxylic acids is 1. The van der Waals surface area contributed by atoms with E-state index in [4.69, 9.17) is 4.74 Å². The molecule has 0 aromatic heterocycles. The van der Waals surface area contributed by atoms with Gasteiger partial charge in [0.25, 0.3) is 0 Å². The van der Waals surface area contributed by atoms with Crippen molar-refractivity contribution in [3.8, 4) is 5.75 Å². The fourth-order valence-electron chi connectivity index (χ4n) is 2.52. The van der Waals surface area contributed by atoms with Crippen molar-refractivity contribution in [1.82, 2.24) is 4.90 Å². The first-order chi connectivity index (χ1) is 9.06. The first kappa shape index (κ1) is 13.8. The van der Waals surface area contributed by atoms with E-state index < -0.39 is 17.6 Å². The molecule has 1 heterocycles. The van der Waals surface area contributed by atoms with Crippen molar-refractivity contribution in [1.29, 1.82) is 0 Å². The summed E-state index contributed by atoms with van der Waals surface area (Å²) < 4.78 is 32.7. The van der Waals surface area contributed by atoms with Crippen LogP contribution in [0, 0.1) is 11.6 Å². The van der Waals surface area contributed by atoms with Gasteiger partial charge >= 0.3 is 0 Å². The molecule has 0 aliphatic carbocycles. The van der Waals surface area contributed by atoms with Crippen molar-refractivity contribution in [2.45, 2.75) is 25.7 Å². The molecule has 2 rings (SSSR count). The van der Waals surface area contributed by atoms with Crippen LogP contribution >= 0.6 is 0 Å². The number of likely N-dealkylation sites (tertiary alicyclic amines) is 1. The summed E-state index contributed by atoms with van der Waals surface area (Å²) in [6.07, 6.45) is 1.01. The molecule has 104 valence electrons. The van der Waals surface area contributed by atoms with E-state index in [-0.39, 0.29) is 23.6 Å². The summed E-state index contributed by atoms with van der Waals surface area (Å²) in [5.41, 5.74) is -0.00671. The Kier molecular flexibility index (Phi) is 4.02. The van der Waals surface area contributed by atoms with Crippen molar-refractivity contribution < 1.29 is 18.3 Å². The van der Waals surface area contributed by atoms with Gasteiger partial charge in [0.15, 0.2) is 0 Å². The highest BCUT2D eigenvalue weighted by atomic mass is 19.1. The van der Waals surface area contributed by atoms with Crippen molar-refractivity contribution in [3.05, 3.63) is 29.3 Å². The largest absolute Gasteiger partial charge is 0.497 e. The summed E-state index contributed by atoms with van der Waals surface area (Å²) in [5.74, 6) is -1.60. The molecule has 1 aliphatic heterocycles. The summed E-state index contributed by atoms with van der Waals surface area (Å²) in [5, 5.41) is 0. The van der Waals surface area contributed by atoms with E-state index in [1.54, 1.807) is 4.90 Å². The average Bonchev–Trinajstić information content (AvgIpc) is 2.70. The van der Waals surface area contributed by atoms with Gasteiger partial charge in [-0.3, -0.25) is 4.79 Å². The van der Waals surface area contributed by atoms with Gasteiger partial charge in [0.1, 0.15) is 17.4 Å². The summed E-state index contributed by atoms with van der Waals surface area (Å²) in [6.45, 7) is 2.98. The molecule has 3 nitrogen and oxygen atoms in total. The molecule has 0 saturated carbocycles. The Morgan fingerprint density at radius 1 is 1.37 bits per heavy atom. The third-order valence-electron chi connectivity index (χ3n) is 3.40. The fourth-order valence-corrected chi connectivity index (χ4v) is 2.52. The summed E-state index contributed by atoms with van der Waals surface area (Å²) in [4.78, 5) is 13.4. The Morgan fingerprint density at radius 3 is 2.53 bits per heavy atom. The third-order valence-corrected chi connectivity index (χ3v) is 3.40. The SMILES string of the molecule is CCCN1CC(c2c(F)cc(OC)cc2F)CC1=O. The predicted octanol–water partition coefficient (Wildman–Crippen LogP) is 2.70. The highest BCUT2D eigenvalue weighted by Crippen LogP contribution is 2.33. The number of benzene rings is 1.